The third kappa shape index (κ3) is 8.63. The molecule has 3 N–H and O–H groups in total. The number of fused-ring (bicyclic) bond motifs is 1. The van der Waals surface area contributed by atoms with Gasteiger partial charge in [-0.1, -0.05) is 66.2 Å². The molecule has 9 nitrogen and oxygen atoms in total. The lowest BCUT2D eigenvalue weighted by Gasteiger charge is -2.40. The standard InChI is InChI=1S/C35H41ClFN5O4/c1-23(2)46-35(45)39-22-32(28-9-5-6-10-29(28)37)41-15-17-42(18-16-41)34(44)31(19-24-11-13-27(36)14-12-24)40-33(43)30-20-25-7-3-4-8-26(25)21-38-30/h3-14,23,30-32,38H,15-22H2,1-2H3,(H,39,45)(H,40,43). The molecule has 0 bridgehead atoms. The Hall–Kier alpha value is -3.99. The van der Waals surface area contributed by atoms with Gasteiger partial charge in [-0.3, -0.25) is 14.5 Å². The fraction of sp³-hybridized carbons (Fsp3) is 0.400. The van der Waals surface area contributed by atoms with Gasteiger partial charge in [-0.15, -0.1) is 0 Å². The lowest BCUT2D eigenvalue weighted by molar-refractivity contribution is -0.138. The minimum absolute atomic E-state index is 0.146. The van der Waals surface area contributed by atoms with Crippen LogP contribution in [0.25, 0.3) is 0 Å². The van der Waals surface area contributed by atoms with Crippen LogP contribution in [0.2, 0.25) is 5.02 Å². The fourth-order valence-corrected chi connectivity index (χ4v) is 6.19. The number of benzene rings is 3. The molecule has 244 valence electrons. The second kappa shape index (κ2) is 15.5. The number of carbonyl (C=O) groups is 3. The summed E-state index contributed by atoms with van der Waals surface area (Å²) < 4.78 is 20.2. The maximum atomic E-state index is 14.9. The van der Waals surface area contributed by atoms with Crippen LogP contribution in [0, 0.1) is 5.82 Å². The highest BCUT2D eigenvalue weighted by Gasteiger charge is 2.34. The second-order valence-corrected chi connectivity index (χ2v) is 12.5. The summed E-state index contributed by atoms with van der Waals surface area (Å²) in [4.78, 5) is 43.6. The minimum Gasteiger partial charge on any atom is -0.447 e. The van der Waals surface area contributed by atoms with E-state index in [0.29, 0.717) is 56.2 Å². The van der Waals surface area contributed by atoms with Gasteiger partial charge < -0.3 is 25.6 Å². The summed E-state index contributed by atoms with van der Waals surface area (Å²) in [5, 5.41) is 9.71. The summed E-state index contributed by atoms with van der Waals surface area (Å²) in [6, 6.07) is 20.1. The van der Waals surface area contributed by atoms with Crippen LogP contribution in [0.3, 0.4) is 0 Å². The van der Waals surface area contributed by atoms with Crippen LogP contribution in [-0.2, 0) is 33.7 Å². The maximum absolute atomic E-state index is 14.9. The Kier molecular flexibility index (Phi) is 11.3. The lowest BCUT2D eigenvalue weighted by atomic mass is 9.95. The van der Waals surface area contributed by atoms with Gasteiger partial charge in [0.05, 0.1) is 18.2 Å². The van der Waals surface area contributed by atoms with Crippen molar-refractivity contribution in [3.63, 3.8) is 0 Å². The summed E-state index contributed by atoms with van der Waals surface area (Å²) in [5.41, 5.74) is 3.62. The van der Waals surface area contributed by atoms with Gasteiger partial charge in [0.2, 0.25) is 11.8 Å². The molecule has 0 spiro atoms. The van der Waals surface area contributed by atoms with Gasteiger partial charge in [-0.2, -0.15) is 0 Å². The number of rotatable bonds is 10. The molecule has 3 aromatic rings. The predicted octanol–water partition coefficient (Wildman–Crippen LogP) is 4.24. The van der Waals surface area contributed by atoms with Crippen molar-refractivity contribution >= 4 is 29.5 Å². The summed E-state index contributed by atoms with van der Waals surface area (Å²) in [6.07, 6.45) is -0.00153. The summed E-state index contributed by atoms with van der Waals surface area (Å²) in [6.45, 7) is 5.91. The largest absolute Gasteiger partial charge is 0.447 e. The van der Waals surface area contributed by atoms with Crippen molar-refractivity contribution in [2.75, 3.05) is 32.7 Å². The Balaban J connectivity index is 1.27. The first-order valence-electron chi connectivity index (χ1n) is 15.7. The zero-order chi connectivity index (χ0) is 32.6. The number of hydrogen-bond donors (Lipinski definition) is 3. The van der Waals surface area contributed by atoms with Crippen molar-refractivity contribution in [1.82, 2.24) is 25.8 Å². The third-order valence-corrected chi connectivity index (χ3v) is 8.73. The highest BCUT2D eigenvalue weighted by Crippen LogP contribution is 2.25. The Bertz CT molecular complexity index is 1510. The van der Waals surface area contributed by atoms with Crippen molar-refractivity contribution < 1.29 is 23.5 Å². The Morgan fingerprint density at radius 1 is 0.957 bits per heavy atom. The molecule has 1 fully saturated rings. The quantitative estimate of drug-likeness (QED) is 0.304. The molecule has 2 heterocycles. The Labute approximate surface area is 274 Å². The van der Waals surface area contributed by atoms with Gasteiger partial charge in [0.1, 0.15) is 11.9 Å². The molecular weight excluding hydrogens is 609 g/mol. The first-order valence-corrected chi connectivity index (χ1v) is 16.1. The van der Waals surface area contributed by atoms with E-state index in [1.165, 1.54) is 11.6 Å². The van der Waals surface area contributed by atoms with E-state index < -0.39 is 24.2 Å². The van der Waals surface area contributed by atoms with E-state index >= 15 is 0 Å². The van der Waals surface area contributed by atoms with Crippen molar-refractivity contribution in [1.29, 1.82) is 0 Å². The number of carbonyl (C=O) groups excluding carboxylic acids is 3. The van der Waals surface area contributed by atoms with Crippen molar-refractivity contribution in [2.24, 2.45) is 0 Å². The molecular formula is C35H41ClFN5O4. The molecule has 0 radical (unpaired) electrons. The number of alkyl carbamates (subject to hydrolysis) is 1. The van der Waals surface area contributed by atoms with E-state index in [2.05, 4.69) is 20.9 Å². The van der Waals surface area contributed by atoms with Crippen molar-refractivity contribution in [3.05, 3.63) is 106 Å². The normalized spacial score (nSPS) is 17.9. The average molecular weight is 650 g/mol. The fourth-order valence-electron chi connectivity index (χ4n) is 6.06. The number of ether oxygens (including phenoxy) is 1. The molecule has 46 heavy (non-hydrogen) atoms. The summed E-state index contributed by atoms with van der Waals surface area (Å²) in [5.74, 6) is -0.769. The number of hydrogen-bond acceptors (Lipinski definition) is 6. The molecule has 0 saturated carbocycles. The van der Waals surface area contributed by atoms with Gasteiger partial charge in [0.15, 0.2) is 0 Å². The SMILES string of the molecule is CC(C)OC(=O)NCC(c1ccccc1F)N1CCN(C(=O)C(Cc2ccc(Cl)cc2)NC(=O)C2Cc3ccccc3CN2)CC1. The van der Waals surface area contributed by atoms with Crippen molar-refractivity contribution in [2.45, 2.75) is 57.5 Å². The summed E-state index contributed by atoms with van der Waals surface area (Å²) >= 11 is 6.10. The van der Waals surface area contributed by atoms with Crippen LogP contribution in [0.1, 0.15) is 42.1 Å². The van der Waals surface area contributed by atoms with Crippen LogP contribution in [0.5, 0.6) is 0 Å². The van der Waals surface area contributed by atoms with Crippen LogP contribution in [0.4, 0.5) is 9.18 Å². The third-order valence-electron chi connectivity index (χ3n) is 8.48. The van der Waals surface area contributed by atoms with E-state index in [4.69, 9.17) is 16.3 Å². The molecule has 0 aromatic heterocycles. The molecule has 3 atom stereocenters. The molecule has 3 amide bonds. The van der Waals surface area contributed by atoms with Crippen LogP contribution in [0.15, 0.2) is 72.8 Å². The monoisotopic (exact) mass is 649 g/mol. The Morgan fingerprint density at radius 3 is 2.33 bits per heavy atom. The van der Waals surface area contributed by atoms with Crippen LogP contribution >= 0.6 is 11.6 Å². The average Bonchev–Trinajstić information content (AvgIpc) is 3.05. The number of amides is 3. The highest BCUT2D eigenvalue weighted by molar-refractivity contribution is 6.30. The lowest BCUT2D eigenvalue weighted by Crippen LogP contribution is -2.58. The molecule has 1 saturated heterocycles. The van der Waals surface area contributed by atoms with Crippen molar-refractivity contribution in [3.8, 4) is 0 Å². The van der Waals surface area contributed by atoms with Crippen LogP contribution in [-0.4, -0.2) is 78.6 Å². The smallest absolute Gasteiger partial charge is 0.407 e. The van der Waals surface area contributed by atoms with E-state index in [9.17, 15) is 18.8 Å². The Morgan fingerprint density at radius 2 is 1.63 bits per heavy atom. The van der Waals surface area contributed by atoms with Gasteiger partial charge in [0.25, 0.3) is 0 Å². The van der Waals surface area contributed by atoms with E-state index in [1.807, 2.05) is 36.4 Å². The number of nitrogens with zero attached hydrogens (tertiary/aromatic N) is 2. The molecule has 3 unspecified atom stereocenters. The number of halogens is 2. The van der Waals surface area contributed by atoms with E-state index in [1.54, 1.807) is 49.1 Å². The molecule has 0 aliphatic carbocycles. The van der Waals surface area contributed by atoms with Gasteiger partial charge in [-0.25, -0.2) is 9.18 Å². The molecule has 2 aliphatic rings. The predicted molar refractivity (Wildman–Crippen MR) is 175 cm³/mol. The topological polar surface area (TPSA) is 103 Å². The zero-order valence-corrected chi connectivity index (χ0v) is 26.9. The molecule has 5 rings (SSSR count). The maximum Gasteiger partial charge on any atom is 0.407 e. The first-order chi connectivity index (χ1) is 22.2. The van der Waals surface area contributed by atoms with E-state index in [-0.39, 0.29) is 30.3 Å². The van der Waals surface area contributed by atoms with E-state index in [0.717, 1.165) is 11.1 Å². The first kappa shape index (κ1) is 33.4. The minimum atomic E-state index is -0.783. The van der Waals surface area contributed by atoms with Gasteiger partial charge in [-0.05, 0) is 55.2 Å². The summed E-state index contributed by atoms with van der Waals surface area (Å²) in [7, 11) is 0. The van der Waals surface area contributed by atoms with Gasteiger partial charge in [0, 0.05) is 56.3 Å². The molecule has 2 aliphatic heterocycles. The highest BCUT2D eigenvalue weighted by atomic mass is 35.5. The zero-order valence-electron chi connectivity index (χ0n) is 26.2. The number of nitrogens with one attached hydrogen (secondary N) is 3. The number of piperazine rings is 1. The molecule has 3 aromatic carbocycles. The van der Waals surface area contributed by atoms with Gasteiger partial charge >= 0.3 is 6.09 Å². The van der Waals surface area contributed by atoms with Crippen LogP contribution < -0.4 is 16.0 Å². The molecule has 11 heteroatoms. The second-order valence-electron chi connectivity index (χ2n) is 12.0.